The number of aliphatic hydroxyl groups is 2. The fourth-order valence-electron chi connectivity index (χ4n) is 0.691. The lowest BCUT2D eigenvalue weighted by Gasteiger charge is -2.07. The van der Waals surface area contributed by atoms with Crippen LogP contribution in [0.3, 0.4) is 0 Å². The number of aliphatic hydroxyl groups excluding tert-OH is 2. The average molecular weight is 118 g/mol. The van der Waals surface area contributed by atoms with Gasteiger partial charge >= 0.3 is 0 Å². The molecule has 0 amide bonds. The zero-order chi connectivity index (χ0) is 6.15. The molecule has 0 bridgehead atoms. The van der Waals surface area contributed by atoms with Crippen LogP contribution in [-0.4, -0.2) is 29.2 Å². The first-order chi connectivity index (χ1) is 3.72. The van der Waals surface area contributed by atoms with Crippen LogP contribution in [-0.2, 0) is 4.74 Å². The quantitative estimate of drug-likeness (QED) is 0.443. The van der Waals surface area contributed by atoms with Crippen LogP contribution in [0.5, 0.6) is 0 Å². The van der Waals surface area contributed by atoms with Crippen LogP contribution in [0.1, 0.15) is 6.92 Å². The third-order valence-corrected chi connectivity index (χ3v) is 1.49. The summed E-state index contributed by atoms with van der Waals surface area (Å²) in [7, 11) is 0. The molecule has 0 unspecified atom stereocenters. The van der Waals surface area contributed by atoms with Gasteiger partial charge in [0.05, 0.1) is 12.7 Å². The Hall–Kier alpha value is -0.120. The molecule has 0 aliphatic carbocycles. The van der Waals surface area contributed by atoms with E-state index in [0.717, 1.165) is 0 Å². The molecule has 0 aromatic rings. The molecule has 1 heterocycles. The summed E-state index contributed by atoms with van der Waals surface area (Å²) in [6.45, 7) is 2.02. The summed E-state index contributed by atoms with van der Waals surface area (Å²) in [6.07, 6.45) is -1.24. The van der Waals surface area contributed by atoms with Crippen molar-refractivity contribution in [1.82, 2.24) is 0 Å². The lowest BCUT2D eigenvalue weighted by Crippen LogP contribution is -2.19. The van der Waals surface area contributed by atoms with E-state index >= 15 is 0 Å². The zero-order valence-electron chi connectivity index (χ0n) is 4.74. The third kappa shape index (κ3) is 0.844. The summed E-state index contributed by atoms with van der Waals surface area (Å²) in [5, 5.41) is 17.7. The van der Waals surface area contributed by atoms with Crippen molar-refractivity contribution >= 4 is 0 Å². The van der Waals surface area contributed by atoms with Crippen molar-refractivity contribution in [1.29, 1.82) is 0 Å². The summed E-state index contributed by atoms with van der Waals surface area (Å²) in [6, 6.07) is 0. The Labute approximate surface area is 47.9 Å². The lowest BCUT2D eigenvalue weighted by molar-refractivity contribution is -0.0788. The highest BCUT2D eigenvalue weighted by molar-refractivity contribution is 4.72. The molecule has 1 rings (SSSR count). The van der Waals surface area contributed by atoms with Crippen LogP contribution in [0, 0.1) is 5.92 Å². The first-order valence-electron chi connectivity index (χ1n) is 2.69. The van der Waals surface area contributed by atoms with Crippen LogP contribution in [0.4, 0.5) is 0 Å². The maximum atomic E-state index is 8.88. The van der Waals surface area contributed by atoms with Crippen molar-refractivity contribution in [2.45, 2.75) is 19.3 Å². The van der Waals surface area contributed by atoms with Crippen LogP contribution in [0.2, 0.25) is 0 Å². The molecule has 1 aliphatic heterocycles. The Morgan fingerprint density at radius 3 is 2.25 bits per heavy atom. The van der Waals surface area contributed by atoms with Gasteiger partial charge in [-0.2, -0.15) is 0 Å². The fraction of sp³-hybridized carbons (Fsp3) is 1.00. The summed E-state index contributed by atoms with van der Waals surface area (Å²) in [4.78, 5) is 0. The molecule has 0 radical (unpaired) electrons. The molecule has 8 heavy (non-hydrogen) atoms. The van der Waals surface area contributed by atoms with E-state index in [1.807, 2.05) is 0 Å². The minimum absolute atomic E-state index is 0.130. The van der Waals surface area contributed by atoms with Crippen LogP contribution >= 0.6 is 0 Å². The molecule has 48 valence electrons. The Morgan fingerprint density at radius 1 is 1.50 bits per heavy atom. The Balaban J connectivity index is 2.44. The van der Waals surface area contributed by atoms with Crippen molar-refractivity contribution < 1.29 is 14.9 Å². The smallest absolute Gasteiger partial charge is 0.159 e. The molecule has 3 atom stereocenters. The van der Waals surface area contributed by atoms with Gasteiger partial charge in [-0.3, -0.25) is 0 Å². The minimum Gasteiger partial charge on any atom is -0.390 e. The third-order valence-electron chi connectivity index (χ3n) is 1.49. The Bertz CT molecular complexity index is 73.7. The second kappa shape index (κ2) is 2.01. The number of hydrogen-bond acceptors (Lipinski definition) is 3. The van der Waals surface area contributed by atoms with Crippen molar-refractivity contribution in [3.8, 4) is 0 Å². The predicted molar refractivity (Wildman–Crippen MR) is 27.1 cm³/mol. The SMILES string of the molecule is C[C@@H]1[C@H](O)CO[C@@H]1O. The van der Waals surface area contributed by atoms with Crippen LogP contribution in [0.15, 0.2) is 0 Å². The summed E-state index contributed by atoms with van der Waals surface area (Å²) in [5.74, 6) is -0.130. The molecule has 1 saturated heterocycles. The molecule has 3 nitrogen and oxygen atoms in total. The Morgan fingerprint density at radius 2 is 2.12 bits per heavy atom. The van der Waals surface area contributed by atoms with Gasteiger partial charge in [0.25, 0.3) is 0 Å². The molecule has 0 spiro atoms. The van der Waals surface area contributed by atoms with Gasteiger partial charge in [0.1, 0.15) is 0 Å². The summed E-state index contributed by atoms with van der Waals surface area (Å²) >= 11 is 0. The molecule has 0 aromatic carbocycles. The average Bonchev–Trinajstić information content (AvgIpc) is 1.98. The minimum atomic E-state index is -0.759. The number of rotatable bonds is 0. The van der Waals surface area contributed by atoms with E-state index in [1.54, 1.807) is 6.92 Å². The van der Waals surface area contributed by atoms with Crippen LogP contribution < -0.4 is 0 Å². The molecule has 1 aliphatic rings. The normalized spacial score (nSPS) is 47.6. The van der Waals surface area contributed by atoms with Gasteiger partial charge in [-0.05, 0) is 0 Å². The highest BCUT2D eigenvalue weighted by atomic mass is 16.6. The van der Waals surface area contributed by atoms with Crippen LogP contribution in [0.25, 0.3) is 0 Å². The fourth-order valence-corrected chi connectivity index (χ4v) is 0.691. The highest BCUT2D eigenvalue weighted by Crippen LogP contribution is 2.17. The summed E-state index contributed by atoms with van der Waals surface area (Å²) in [5.41, 5.74) is 0. The molecule has 0 aromatic heterocycles. The monoisotopic (exact) mass is 118 g/mol. The lowest BCUT2D eigenvalue weighted by atomic mass is 10.1. The largest absolute Gasteiger partial charge is 0.390 e. The number of hydrogen-bond donors (Lipinski definition) is 2. The standard InChI is InChI=1S/C5H10O3/c1-3-4(6)2-8-5(3)7/h3-7H,2H2,1H3/t3-,4-,5+/m1/s1. The van der Waals surface area contributed by atoms with Gasteiger partial charge in [-0.25, -0.2) is 0 Å². The van der Waals surface area contributed by atoms with E-state index in [4.69, 9.17) is 10.2 Å². The first-order valence-corrected chi connectivity index (χ1v) is 2.69. The molecule has 0 saturated carbocycles. The second-order valence-corrected chi connectivity index (χ2v) is 2.15. The van der Waals surface area contributed by atoms with Crippen molar-refractivity contribution in [2.75, 3.05) is 6.61 Å². The second-order valence-electron chi connectivity index (χ2n) is 2.15. The number of ether oxygens (including phenoxy) is 1. The molecule has 2 N–H and O–H groups in total. The van der Waals surface area contributed by atoms with E-state index in [0.29, 0.717) is 0 Å². The van der Waals surface area contributed by atoms with Gasteiger partial charge in [0.2, 0.25) is 0 Å². The van der Waals surface area contributed by atoms with Crippen molar-refractivity contribution in [3.63, 3.8) is 0 Å². The summed E-state index contributed by atoms with van der Waals surface area (Å²) < 4.78 is 4.68. The van der Waals surface area contributed by atoms with E-state index in [1.165, 1.54) is 0 Å². The van der Waals surface area contributed by atoms with Crippen molar-refractivity contribution in [3.05, 3.63) is 0 Å². The molecular formula is C5H10O3. The van der Waals surface area contributed by atoms with E-state index in [-0.39, 0.29) is 12.5 Å². The first kappa shape index (κ1) is 6.01. The molecule has 3 heteroatoms. The van der Waals surface area contributed by atoms with E-state index in [2.05, 4.69) is 4.74 Å². The maximum absolute atomic E-state index is 8.88. The Kier molecular flexibility index (Phi) is 1.51. The maximum Gasteiger partial charge on any atom is 0.159 e. The molecule has 1 fully saturated rings. The topological polar surface area (TPSA) is 49.7 Å². The zero-order valence-corrected chi connectivity index (χ0v) is 4.74. The molecular weight excluding hydrogens is 108 g/mol. The van der Waals surface area contributed by atoms with E-state index in [9.17, 15) is 0 Å². The highest BCUT2D eigenvalue weighted by Gasteiger charge is 2.30. The van der Waals surface area contributed by atoms with Crippen molar-refractivity contribution in [2.24, 2.45) is 5.92 Å². The van der Waals surface area contributed by atoms with Gasteiger partial charge in [0.15, 0.2) is 6.29 Å². The van der Waals surface area contributed by atoms with Gasteiger partial charge in [-0.1, -0.05) is 6.92 Å². The van der Waals surface area contributed by atoms with Gasteiger partial charge in [-0.15, -0.1) is 0 Å². The van der Waals surface area contributed by atoms with E-state index < -0.39 is 12.4 Å². The predicted octanol–water partition coefficient (Wildman–Crippen LogP) is -0.668. The van der Waals surface area contributed by atoms with Gasteiger partial charge in [0, 0.05) is 5.92 Å². The van der Waals surface area contributed by atoms with Gasteiger partial charge < -0.3 is 14.9 Å².